The molecule has 7 heteroatoms. The third-order valence-corrected chi connectivity index (χ3v) is 0. The predicted molar refractivity (Wildman–Crippen MR) is 12.3 cm³/mol. The Bertz CT molecular complexity index is 60.7. The second kappa shape index (κ2) is 10.3. The van der Waals surface area contributed by atoms with E-state index in [1.165, 1.54) is 0 Å². The maximum absolute atomic E-state index is 9.16. The van der Waals surface area contributed by atoms with E-state index in [9.17, 15) is 0 Å². The second-order valence-corrected chi connectivity index (χ2v) is 4.01. The Hall–Kier alpha value is 3.28. The molecular weight excluding hydrogens is 204 g/mol. The average molecular weight is 207 g/mol. The number of rotatable bonds is 0. The van der Waals surface area contributed by atoms with Crippen molar-refractivity contribution in [3.8, 4) is 0 Å². The van der Waals surface area contributed by atoms with Crippen LogP contribution in [0, 0.1) is 0 Å². The molecule has 0 unspecified atom stereocenters. The van der Waals surface area contributed by atoms with Crippen LogP contribution in [0.5, 0.6) is 0 Å². The summed E-state index contributed by atoms with van der Waals surface area (Å²) in [4.78, 5) is 0. The maximum atomic E-state index is 9.16. The third kappa shape index (κ3) is 59.2. The van der Waals surface area contributed by atoms with E-state index < -0.39 is 14.2 Å². The third-order valence-electron chi connectivity index (χ3n) is 0. The number of hydrogen-bond donors (Lipinski definition) is 0. The Morgan fingerprint density at radius 1 is 1.12 bits per heavy atom. The molecule has 0 aromatic carbocycles. The average Bonchev–Trinajstić information content (AvgIpc) is 0.722. The fraction of sp³-hybridized carbons (Fsp3) is 1.00. The number of hydrogen-bond acceptors (Lipinski definition) is 3. The first kappa shape index (κ1) is 22.5. The van der Waals surface area contributed by atoms with Gasteiger partial charge in [-0.15, -0.1) is 0 Å². The van der Waals surface area contributed by atoms with E-state index in [1.807, 2.05) is 0 Å². The van der Waals surface area contributed by atoms with Crippen LogP contribution in [0.25, 0.3) is 0 Å². The molecule has 0 amide bonds. The minimum atomic E-state index is -4.62. The summed E-state index contributed by atoms with van der Waals surface area (Å²) in [5.74, 6) is 0. The zero-order valence-electron chi connectivity index (χ0n) is 5.67. The van der Waals surface area contributed by atoms with Crippen LogP contribution in [0.1, 0.15) is 0 Å². The van der Waals surface area contributed by atoms with Gasteiger partial charge in [-0.3, -0.25) is 0 Å². The Morgan fingerprint density at radius 2 is 1.12 bits per heavy atom. The van der Waals surface area contributed by atoms with Crippen LogP contribution in [-0.2, 0) is 3.74 Å². The molecule has 0 radical (unpaired) electrons. The minimum Gasteiger partial charge on any atom is 1.00 e. The Morgan fingerprint density at radius 3 is 1.12 bits per heavy atom. The van der Waals surface area contributed by atoms with Crippen LogP contribution in [0.15, 0.2) is 0 Å². The zero-order valence-corrected chi connectivity index (χ0v) is 13.5. The van der Waals surface area contributed by atoms with Crippen LogP contribution in [0.2, 0.25) is 5.71 Å². The van der Waals surface area contributed by atoms with Crippen molar-refractivity contribution in [2.24, 2.45) is 0 Å². The smallest absolute Gasteiger partial charge is 1.00 e. The summed E-state index contributed by atoms with van der Waals surface area (Å²) < 4.78 is 27.5. The van der Waals surface area contributed by atoms with Gasteiger partial charge in [-0.2, -0.15) is 0 Å². The first-order valence-electron chi connectivity index (χ1n) is 0.995. The first-order chi connectivity index (χ1) is 2.00. The molecule has 3 nitrogen and oxygen atoms in total. The fourth-order valence-electron chi connectivity index (χ4n) is 0. The summed E-state index contributed by atoms with van der Waals surface area (Å²) in [6, 6.07) is 0. The van der Waals surface area contributed by atoms with Gasteiger partial charge in [0.25, 0.3) is 0 Å². The van der Waals surface area contributed by atoms with Crippen LogP contribution < -0.4 is 96.9 Å². The summed E-state index contributed by atoms with van der Waals surface area (Å²) in [5, 5.41) is 0. The zero-order chi connectivity index (χ0) is 4.50. The molecule has 0 aliphatic carbocycles. The van der Waals surface area contributed by atoms with Crippen LogP contribution in [0.4, 0.5) is 0 Å². The van der Waals surface area contributed by atoms with E-state index in [-0.39, 0.29) is 88.7 Å². The molecule has 0 aromatic rings. The van der Waals surface area contributed by atoms with Crippen LogP contribution >= 0.6 is 0 Å². The van der Waals surface area contributed by atoms with Gasteiger partial charge in [0.1, 0.15) is 0 Å². The van der Waals surface area contributed by atoms with Gasteiger partial charge in [-0.1, -0.05) is 0 Å². The van der Waals surface area contributed by atoms with Crippen LogP contribution in [0.3, 0.4) is 0 Å². The van der Waals surface area contributed by atoms with Crippen molar-refractivity contribution in [3.05, 3.63) is 0 Å². The quantitative estimate of drug-likeness (QED) is 0.370. The van der Waals surface area contributed by atoms with Gasteiger partial charge < -0.3 is 0 Å². The standard InChI is InChI=1S/CH5AsO3.3Na/c1-2(3,4)5;;;/h1H3,(H2,3,4,5);;;/q;3*+1/p-2. The van der Waals surface area contributed by atoms with Crippen molar-refractivity contribution >= 4 is 14.2 Å². The molecule has 0 saturated carbocycles. The van der Waals surface area contributed by atoms with Crippen molar-refractivity contribution in [3.63, 3.8) is 0 Å². The van der Waals surface area contributed by atoms with E-state index in [4.69, 9.17) is 11.9 Å². The van der Waals surface area contributed by atoms with Crippen molar-refractivity contribution in [2.45, 2.75) is 5.71 Å². The molecule has 8 heavy (non-hydrogen) atoms. The van der Waals surface area contributed by atoms with Crippen molar-refractivity contribution in [2.75, 3.05) is 0 Å². The van der Waals surface area contributed by atoms with Gasteiger partial charge in [0, 0.05) is 0 Å². The Balaban J connectivity index is -0.0000000267. The Kier molecular flexibility index (Phi) is 28.9. The summed E-state index contributed by atoms with van der Waals surface area (Å²) in [6.07, 6.45) is 0. The normalized spacial score (nSPS) is 7.38. The largest absolute Gasteiger partial charge is 1.00 e. The van der Waals surface area contributed by atoms with Gasteiger partial charge >= 0.3 is 120 Å². The van der Waals surface area contributed by atoms with Crippen molar-refractivity contribution in [1.29, 1.82) is 0 Å². The molecule has 0 aromatic heterocycles. The molecular formula is CH3AsNa3O3+. The molecule has 32 valence electrons. The molecule has 0 aliphatic heterocycles. The van der Waals surface area contributed by atoms with E-state index in [0.29, 0.717) is 5.71 Å². The van der Waals surface area contributed by atoms with Gasteiger partial charge in [0.05, 0.1) is 0 Å². The summed E-state index contributed by atoms with van der Waals surface area (Å²) in [6.45, 7) is 0. The van der Waals surface area contributed by atoms with E-state index in [0.717, 1.165) is 0 Å². The van der Waals surface area contributed by atoms with E-state index in [2.05, 4.69) is 0 Å². The molecule has 0 saturated heterocycles. The van der Waals surface area contributed by atoms with Gasteiger partial charge in [-0.25, -0.2) is 0 Å². The topological polar surface area (TPSA) is 63.2 Å². The van der Waals surface area contributed by atoms with Crippen LogP contribution in [-0.4, -0.2) is 14.2 Å². The van der Waals surface area contributed by atoms with E-state index in [1.54, 1.807) is 0 Å². The van der Waals surface area contributed by atoms with E-state index >= 15 is 0 Å². The van der Waals surface area contributed by atoms with Gasteiger partial charge in [0.15, 0.2) is 0 Å². The second-order valence-electron chi connectivity index (χ2n) is 0.771. The molecule has 0 aliphatic rings. The van der Waals surface area contributed by atoms with Crippen molar-refractivity contribution in [1.82, 2.24) is 0 Å². The molecule has 0 fully saturated rings. The summed E-state index contributed by atoms with van der Waals surface area (Å²) >= 11 is -4.62. The van der Waals surface area contributed by atoms with Gasteiger partial charge in [0.2, 0.25) is 0 Å². The molecule has 0 heterocycles. The minimum absolute atomic E-state index is 0. The maximum Gasteiger partial charge on any atom is 1.00 e. The SMILES string of the molecule is C[As](=O)([O-])[O-].[Na+].[Na+].[Na+]. The van der Waals surface area contributed by atoms with Gasteiger partial charge in [-0.05, 0) is 0 Å². The Labute approximate surface area is 118 Å². The molecule has 0 N–H and O–H groups in total. The first-order valence-corrected chi connectivity index (χ1v) is 5.17. The fourth-order valence-corrected chi connectivity index (χ4v) is 0. The molecule has 0 bridgehead atoms. The summed E-state index contributed by atoms with van der Waals surface area (Å²) in [7, 11) is 0. The molecule has 0 spiro atoms. The molecule has 0 atom stereocenters. The predicted octanol–water partition coefficient (Wildman–Crippen LogP) is -11.3. The summed E-state index contributed by atoms with van der Waals surface area (Å²) in [5.41, 5.74) is 0.693. The monoisotopic (exact) mass is 207 g/mol. The molecule has 0 rings (SSSR count). The van der Waals surface area contributed by atoms with Crippen molar-refractivity contribution < 1.29 is 101 Å².